The molecule has 3 heterocycles. The van der Waals surface area contributed by atoms with E-state index in [2.05, 4.69) is 29.1 Å². The maximum atomic E-state index is 13.5. The molecule has 0 unspecified atom stereocenters. The van der Waals surface area contributed by atoms with Crippen molar-refractivity contribution < 1.29 is 19.1 Å². The molecule has 0 spiro atoms. The molecule has 9 nitrogen and oxygen atoms in total. The first-order valence-electron chi connectivity index (χ1n) is 12.9. The standard InChI is InChI=1S/C30H29N5O4/c1-18(19-10-12-21(37-4)13-11-19)34-38-16-24-32-28-27-25(20-8-6-5-7-9-20)26-22(36)14-30(2,3)15-23(26)39-29(27)31-17-35(28)33-24/h5-13,17,25H,14-16H2,1-4H3/b34-18+/t25-/m0/s1. The summed E-state index contributed by atoms with van der Waals surface area (Å²) in [6, 6.07) is 17.5. The van der Waals surface area contributed by atoms with Crippen molar-refractivity contribution in [2.75, 3.05) is 7.11 Å². The Morgan fingerprint density at radius 1 is 1.13 bits per heavy atom. The summed E-state index contributed by atoms with van der Waals surface area (Å²) >= 11 is 0. The first-order valence-corrected chi connectivity index (χ1v) is 12.9. The van der Waals surface area contributed by atoms with Gasteiger partial charge in [-0.3, -0.25) is 4.79 Å². The summed E-state index contributed by atoms with van der Waals surface area (Å²) in [7, 11) is 1.63. The second-order valence-corrected chi connectivity index (χ2v) is 10.7. The Hall–Kier alpha value is -4.53. The van der Waals surface area contributed by atoms with E-state index in [0.29, 0.717) is 41.5 Å². The third-order valence-corrected chi connectivity index (χ3v) is 7.14. The van der Waals surface area contributed by atoms with E-state index in [1.807, 2.05) is 61.5 Å². The fourth-order valence-corrected chi connectivity index (χ4v) is 5.30. The van der Waals surface area contributed by atoms with Gasteiger partial charge < -0.3 is 14.3 Å². The van der Waals surface area contributed by atoms with Crippen molar-refractivity contribution in [1.29, 1.82) is 0 Å². The van der Waals surface area contributed by atoms with Crippen LogP contribution in [-0.4, -0.2) is 38.2 Å². The Bertz CT molecular complexity index is 1620. The molecular weight excluding hydrogens is 494 g/mol. The number of hydrogen-bond donors (Lipinski definition) is 0. The van der Waals surface area contributed by atoms with Gasteiger partial charge in [-0.05, 0) is 47.7 Å². The summed E-state index contributed by atoms with van der Waals surface area (Å²) in [6.45, 7) is 6.12. The van der Waals surface area contributed by atoms with Gasteiger partial charge in [-0.15, -0.1) is 5.10 Å². The van der Waals surface area contributed by atoms with Gasteiger partial charge in [0, 0.05) is 24.3 Å². The molecule has 0 saturated carbocycles. The van der Waals surface area contributed by atoms with Crippen molar-refractivity contribution in [3.63, 3.8) is 0 Å². The summed E-state index contributed by atoms with van der Waals surface area (Å²) in [5.41, 5.74) is 4.43. The summed E-state index contributed by atoms with van der Waals surface area (Å²) in [6.07, 6.45) is 2.71. The van der Waals surface area contributed by atoms with Gasteiger partial charge in [0.2, 0.25) is 5.88 Å². The lowest BCUT2D eigenvalue weighted by molar-refractivity contribution is -0.118. The molecule has 0 saturated heterocycles. The first kappa shape index (κ1) is 24.8. The van der Waals surface area contributed by atoms with Gasteiger partial charge in [0.1, 0.15) is 17.8 Å². The van der Waals surface area contributed by atoms with Crippen LogP contribution in [0.2, 0.25) is 0 Å². The molecule has 0 fully saturated rings. The summed E-state index contributed by atoms with van der Waals surface area (Å²) < 4.78 is 13.1. The number of ketones is 1. The van der Waals surface area contributed by atoms with Gasteiger partial charge in [0.15, 0.2) is 23.9 Å². The van der Waals surface area contributed by atoms with E-state index in [-0.39, 0.29) is 23.7 Å². The van der Waals surface area contributed by atoms with Crippen LogP contribution >= 0.6 is 0 Å². The highest BCUT2D eigenvalue weighted by atomic mass is 16.6. The van der Waals surface area contributed by atoms with Gasteiger partial charge in [-0.25, -0.2) is 14.5 Å². The topological polar surface area (TPSA) is 100 Å². The first-order chi connectivity index (χ1) is 18.8. The van der Waals surface area contributed by atoms with Gasteiger partial charge in [0.05, 0.1) is 18.4 Å². The summed E-state index contributed by atoms with van der Waals surface area (Å²) in [5, 5.41) is 8.80. The summed E-state index contributed by atoms with van der Waals surface area (Å²) in [5.74, 6) is 2.11. The fraction of sp³-hybridized carbons (Fsp3) is 0.300. The molecule has 39 heavy (non-hydrogen) atoms. The van der Waals surface area contributed by atoms with Gasteiger partial charge >= 0.3 is 0 Å². The summed E-state index contributed by atoms with van der Waals surface area (Å²) in [4.78, 5) is 28.5. The number of aromatic nitrogens is 4. The Kier molecular flexibility index (Phi) is 6.13. The van der Waals surface area contributed by atoms with E-state index < -0.39 is 0 Å². The number of Topliss-reactive ketones (excluding diaryl/α,β-unsaturated/α-hetero) is 1. The number of allylic oxidation sites excluding steroid dienone is 2. The number of rotatable bonds is 6. The zero-order chi connectivity index (χ0) is 27.1. The quantitative estimate of drug-likeness (QED) is 0.252. The number of hydrogen-bond acceptors (Lipinski definition) is 8. The maximum Gasteiger partial charge on any atom is 0.228 e. The number of fused-ring (bicyclic) bond motifs is 3. The largest absolute Gasteiger partial charge is 0.497 e. The van der Waals surface area contributed by atoms with E-state index >= 15 is 0 Å². The molecule has 1 atom stereocenters. The molecule has 2 aliphatic rings. The van der Waals surface area contributed by atoms with Crippen LogP contribution in [0.3, 0.4) is 0 Å². The van der Waals surface area contributed by atoms with Crippen molar-refractivity contribution in [2.24, 2.45) is 10.6 Å². The van der Waals surface area contributed by atoms with E-state index in [1.54, 1.807) is 18.0 Å². The van der Waals surface area contributed by atoms with E-state index in [4.69, 9.17) is 19.3 Å². The molecule has 0 bridgehead atoms. The average molecular weight is 524 g/mol. The van der Waals surface area contributed by atoms with E-state index in [9.17, 15) is 4.79 Å². The second-order valence-electron chi connectivity index (χ2n) is 10.7. The highest BCUT2D eigenvalue weighted by Crippen LogP contribution is 2.50. The molecule has 0 amide bonds. The van der Waals surface area contributed by atoms with Crippen molar-refractivity contribution in [1.82, 2.24) is 19.6 Å². The highest BCUT2D eigenvalue weighted by molar-refractivity contribution is 6.00. The van der Waals surface area contributed by atoms with Crippen molar-refractivity contribution in [3.05, 3.63) is 94.8 Å². The lowest BCUT2D eigenvalue weighted by Gasteiger charge is -2.37. The Labute approximate surface area is 226 Å². The Morgan fingerprint density at radius 3 is 2.64 bits per heavy atom. The highest BCUT2D eigenvalue weighted by Gasteiger charge is 2.43. The minimum absolute atomic E-state index is 0.0713. The molecule has 0 radical (unpaired) electrons. The Morgan fingerprint density at radius 2 is 1.90 bits per heavy atom. The smallest absolute Gasteiger partial charge is 0.228 e. The molecule has 9 heteroatoms. The molecule has 198 valence electrons. The Balaban J connectivity index is 1.35. The number of carbonyl (C=O) groups excluding carboxylic acids is 1. The van der Waals surface area contributed by atoms with Crippen molar-refractivity contribution >= 4 is 17.1 Å². The number of methoxy groups -OCH3 is 1. The van der Waals surface area contributed by atoms with Crippen LogP contribution in [0, 0.1) is 5.41 Å². The van der Waals surface area contributed by atoms with Crippen LogP contribution in [0.15, 0.2) is 77.4 Å². The minimum atomic E-state index is -0.349. The predicted octanol–water partition coefficient (Wildman–Crippen LogP) is 5.24. The van der Waals surface area contributed by atoms with Gasteiger partial charge in [-0.2, -0.15) is 0 Å². The van der Waals surface area contributed by atoms with Gasteiger partial charge in [-0.1, -0.05) is 49.3 Å². The molecule has 1 aliphatic carbocycles. The predicted molar refractivity (Wildman–Crippen MR) is 145 cm³/mol. The fourth-order valence-electron chi connectivity index (χ4n) is 5.30. The van der Waals surface area contributed by atoms with Crippen molar-refractivity contribution in [3.8, 4) is 11.6 Å². The zero-order valence-corrected chi connectivity index (χ0v) is 22.3. The monoisotopic (exact) mass is 523 g/mol. The number of ether oxygens (including phenoxy) is 2. The van der Waals surface area contributed by atoms with Crippen LogP contribution in [0.1, 0.15) is 62.0 Å². The number of benzene rings is 2. The molecule has 1 aliphatic heterocycles. The normalized spacial score (nSPS) is 18.4. The van der Waals surface area contributed by atoms with Crippen LogP contribution in [-0.2, 0) is 16.2 Å². The lowest BCUT2D eigenvalue weighted by Crippen LogP contribution is -2.33. The van der Waals surface area contributed by atoms with E-state index in [0.717, 1.165) is 28.2 Å². The SMILES string of the molecule is COc1ccc(/C(C)=N/OCc2nc3c4c(ncn3n2)OC2=C(C(=O)CC(C)(C)C2)[C@@H]4c2ccccc2)cc1. The van der Waals surface area contributed by atoms with E-state index in [1.165, 1.54) is 0 Å². The average Bonchev–Trinajstić information content (AvgIpc) is 3.35. The molecule has 4 aromatic rings. The molecule has 0 N–H and O–H groups in total. The minimum Gasteiger partial charge on any atom is -0.497 e. The maximum absolute atomic E-state index is 13.5. The van der Waals surface area contributed by atoms with Crippen LogP contribution in [0.4, 0.5) is 0 Å². The third-order valence-electron chi connectivity index (χ3n) is 7.14. The number of nitrogens with zero attached hydrogens (tertiary/aromatic N) is 5. The van der Waals surface area contributed by atoms with Gasteiger partial charge in [0.25, 0.3) is 0 Å². The van der Waals surface area contributed by atoms with Crippen LogP contribution < -0.4 is 9.47 Å². The van der Waals surface area contributed by atoms with Crippen LogP contribution in [0.5, 0.6) is 11.6 Å². The second kappa shape index (κ2) is 9.65. The zero-order valence-electron chi connectivity index (χ0n) is 22.3. The van der Waals surface area contributed by atoms with Crippen molar-refractivity contribution in [2.45, 2.75) is 46.1 Å². The molecule has 6 rings (SSSR count). The molecule has 2 aromatic heterocycles. The number of carbonyl (C=O) groups is 1. The molecular formula is C30H29N5O4. The lowest BCUT2D eigenvalue weighted by atomic mass is 9.70. The molecule has 2 aromatic carbocycles. The van der Waals surface area contributed by atoms with Crippen LogP contribution in [0.25, 0.3) is 5.65 Å². The number of oxime groups is 1. The third kappa shape index (κ3) is 4.65.